The zero-order valence-electron chi connectivity index (χ0n) is 12.0. The molecule has 20 heavy (non-hydrogen) atoms. The van der Waals surface area contributed by atoms with Gasteiger partial charge in [-0.15, -0.1) is 0 Å². The molecule has 0 bridgehead atoms. The number of aliphatic hydroxyl groups excluding tert-OH is 1. The molecule has 108 valence electrons. The van der Waals surface area contributed by atoms with Crippen LogP contribution in [0.5, 0.6) is 5.75 Å². The summed E-state index contributed by atoms with van der Waals surface area (Å²) in [4.78, 5) is 4.21. The molecule has 2 aromatic rings. The van der Waals surface area contributed by atoms with Gasteiger partial charge in [-0.1, -0.05) is 30.0 Å². The fraction of sp³-hybridized carbons (Fsp3) is 0.400. The first-order chi connectivity index (χ1) is 9.58. The molecule has 2 rings (SSSR count). The molecule has 0 saturated heterocycles. The molecule has 0 amide bonds. The summed E-state index contributed by atoms with van der Waals surface area (Å²) < 4.78 is 7.67. The average Bonchev–Trinajstić information content (AvgIpc) is 2.81. The number of imidazole rings is 1. The van der Waals surface area contributed by atoms with Crippen molar-refractivity contribution in [2.45, 2.75) is 25.1 Å². The van der Waals surface area contributed by atoms with E-state index in [0.717, 1.165) is 22.0 Å². The maximum absolute atomic E-state index is 10.00. The van der Waals surface area contributed by atoms with Gasteiger partial charge in [-0.25, -0.2) is 4.98 Å². The highest BCUT2D eigenvalue weighted by Gasteiger charge is 2.10. The highest BCUT2D eigenvalue weighted by Crippen LogP contribution is 2.23. The van der Waals surface area contributed by atoms with Gasteiger partial charge in [0, 0.05) is 25.2 Å². The van der Waals surface area contributed by atoms with E-state index in [0.29, 0.717) is 12.4 Å². The van der Waals surface area contributed by atoms with E-state index in [9.17, 15) is 5.11 Å². The van der Waals surface area contributed by atoms with Crippen LogP contribution in [0.25, 0.3) is 0 Å². The lowest BCUT2D eigenvalue weighted by Crippen LogP contribution is -2.20. The maximum atomic E-state index is 10.00. The van der Waals surface area contributed by atoms with Crippen molar-refractivity contribution in [1.29, 1.82) is 0 Å². The van der Waals surface area contributed by atoms with E-state index in [2.05, 4.69) is 4.98 Å². The Hall–Kier alpha value is -1.46. The molecule has 0 radical (unpaired) electrons. The molecule has 0 unspecified atom stereocenters. The lowest BCUT2D eigenvalue weighted by molar-refractivity contribution is 0.125. The van der Waals surface area contributed by atoms with Gasteiger partial charge in [0.1, 0.15) is 12.4 Å². The Kier molecular flexibility index (Phi) is 5.09. The SMILES string of the molecule is Cc1cccc(C)c1OC[C@H](O)CSc1nccn1C. The largest absolute Gasteiger partial charge is 0.490 e. The number of aryl methyl sites for hydroxylation is 3. The highest BCUT2D eigenvalue weighted by atomic mass is 32.2. The predicted molar refractivity (Wildman–Crippen MR) is 81.3 cm³/mol. The topological polar surface area (TPSA) is 47.3 Å². The van der Waals surface area contributed by atoms with Crippen LogP contribution in [0, 0.1) is 13.8 Å². The Balaban J connectivity index is 1.83. The van der Waals surface area contributed by atoms with Crippen molar-refractivity contribution in [2.75, 3.05) is 12.4 Å². The Bertz CT molecular complexity index is 549. The van der Waals surface area contributed by atoms with Gasteiger partial charge in [-0.05, 0) is 25.0 Å². The molecule has 0 saturated carbocycles. The van der Waals surface area contributed by atoms with Crippen LogP contribution >= 0.6 is 11.8 Å². The van der Waals surface area contributed by atoms with Crippen LogP contribution in [0.2, 0.25) is 0 Å². The van der Waals surface area contributed by atoms with E-state index >= 15 is 0 Å². The first-order valence-corrected chi connectivity index (χ1v) is 7.53. The zero-order valence-corrected chi connectivity index (χ0v) is 12.9. The first-order valence-electron chi connectivity index (χ1n) is 6.55. The molecule has 0 aliphatic rings. The fourth-order valence-electron chi connectivity index (χ4n) is 1.92. The summed E-state index contributed by atoms with van der Waals surface area (Å²) in [6, 6.07) is 6.03. The summed E-state index contributed by atoms with van der Waals surface area (Å²) >= 11 is 1.53. The van der Waals surface area contributed by atoms with E-state index in [1.54, 1.807) is 6.20 Å². The van der Waals surface area contributed by atoms with E-state index < -0.39 is 6.10 Å². The number of hydrogen-bond acceptors (Lipinski definition) is 4. The summed E-state index contributed by atoms with van der Waals surface area (Å²) in [5.74, 6) is 1.43. The van der Waals surface area contributed by atoms with Crippen molar-refractivity contribution in [3.63, 3.8) is 0 Å². The second-order valence-corrected chi connectivity index (χ2v) is 5.80. The minimum atomic E-state index is -0.518. The van der Waals surface area contributed by atoms with Crippen molar-refractivity contribution in [3.8, 4) is 5.75 Å². The molecule has 0 spiro atoms. The number of hydrogen-bond donors (Lipinski definition) is 1. The molecule has 0 aliphatic carbocycles. The van der Waals surface area contributed by atoms with Gasteiger partial charge in [-0.3, -0.25) is 0 Å². The summed E-state index contributed by atoms with van der Waals surface area (Å²) in [7, 11) is 1.94. The van der Waals surface area contributed by atoms with Gasteiger partial charge in [0.15, 0.2) is 5.16 Å². The number of rotatable bonds is 6. The Morgan fingerprint density at radius 2 is 2.05 bits per heavy atom. The lowest BCUT2D eigenvalue weighted by Gasteiger charge is -2.15. The molecule has 1 N–H and O–H groups in total. The monoisotopic (exact) mass is 292 g/mol. The van der Waals surface area contributed by atoms with Gasteiger partial charge in [0.2, 0.25) is 0 Å². The van der Waals surface area contributed by atoms with Crippen LogP contribution < -0.4 is 4.74 Å². The number of aliphatic hydroxyl groups is 1. The van der Waals surface area contributed by atoms with Crippen LogP contribution in [0.15, 0.2) is 35.7 Å². The van der Waals surface area contributed by atoms with Gasteiger partial charge >= 0.3 is 0 Å². The molecule has 0 aliphatic heterocycles. The van der Waals surface area contributed by atoms with Crippen LogP contribution in [0.1, 0.15) is 11.1 Å². The van der Waals surface area contributed by atoms with E-state index in [1.165, 1.54) is 11.8 Å². The average molecular weight is 292 g/mol. The van der Waals surface area contributed by atoms with Crippen molar-refractivity contribution in [1.82, 2.24) is 9.55 Å². The second kappa shape index (κ2) is 6.81. The minimum absolute atomic E-state index is 0.295. The standard InChI is InChI=1S/C15H20N2O2S/c1-11-5-4-6-12(2)14(11)19-9-13(18)10-20-15-16-7-8-17(15)3/h4-8,13,18H,9-10H2,1-3H3/t13-/m0/s1. The van der Waals surface area contributed by atoms with E-state index in [4.69, 9.17) is 4.74 Å². The van der Waals surface area contributed by atoms with Gasteiger partial charge in [-0.2, -0.15) is 0 Å². The van der Waals surface area contributed by atoms with Gasteiger partial charge in [0.05, 0.1) is 6.10 Å². The van der Waals surface area contributed by atoms with Crippen molar-refractivity contribution < 1.29 is 9.84 Å². The summed E-state index contributed by atoms with van der Waals surface area (Å²) in [6.45, 7) is 4.32. The number of para-hydroxylation sites is 1. The summed E-state index contributed by atoms with van der Waals surface area (Å²) in [5, 5.41) is 10.9. The van der Waals surface area contributed by atoms with E-state index in [1.807, 2.05) is 49.9 Å². The third-order valence-electron chi connectivity index (χ3n) is 3.01. The Labute approximate surface area is 123 Å². The summed E-state index contributed by atoms with van der Waals surface area (Å²) in [5.41, 5.74) is 2.18. The molecule has 0 fully saturated rings. The molecule has 4 nitrogen and oxygen atoms in total. The van der Waals surface area contributed by atoms with Crippen molar-refractivity contribution in [2.24, 2.45) is 7.05 Å². The Morgan fingerprint density at radius 3 is 2.65 bits per heavy atom. The van der Waals surface area contributed by atoms with Crippen LogP contribution in [0.3, 0.4) is 0 Å². The van der Waals surface area contributed by atoms with Crippen LogP contribution in [-0.2, 0) is 7.05 Å². The highest BCUT2D eigenvalue weighted by molar-refractivity contribution is 7.99. The number of ether oxygens (including phenoxy) is 1. The number of aromatic nitrogens is 2. The van der Waals surface area contributed by atoms with Gasteiger partial charge < -0.3 is 14.4 Å². The van der Waals surface area contributed by atoms with Crippen LogP contribution in [-0.4, -0.2) is 33.1 Å². The number of benzene rings is 1. The minimum Gasteiger partial charge on any atom is -0.490 e. The van der Waals surface area contributed by atoms with E-state index in [-0.39, 0.29) is 0 Å². The van der Waals surface area contributed by atoms with Crippen molar-refractivity contribution >= 4 is 11.8 Å². The summed E-state index contributed by atoms with van der Waals surface area (Å²) in [6.07, 6.45) is 3.12. The normalized spacial score (nSPS) is 12.4. The Morgan fingerprint density at radius 1 is 1.35 bits per heavy atom. The third kappa shape index (κ3) is 3.77. The second-order valence-electron chi connectivity index (χ2n) is 4.82. The fourth-order valence-corrected chi connectivity index (χ4v) is 2.75. The first kappa shape index (κ1) is 14.9. The lowest BCUT2D eigenvalue weighted by atomic mass is 10.1. The zero-order chi connectivity index (χ0) is 14.5. The smallest absolute Gasteiger partial charge is 0.167 e. The predicted octanol–water partition coefficient (Wildman–Crippen LogP) is 2.57. The quantitative estimate of drug-likeness (QED) is 0.831. The van der Waals surface area contributed by atoms with Gasteiger partial charge in [0.25, 0.3) is 0 Å². The number of nitrogens with zero attached hydrogens (tertiary/aromatic N) is 2. The molecule has 1 aromatic heterocycles. The molecule has 5 heteroatoms. The van der Waals surface area contributed by atoms with Crippen molar-refractivity contribution in [3.05, 3.63) is 41.7 Å². The van der Waals surface area contributed by atoms with Crippen LogP contribution in [0.4, 0.5) is 0 Å². The maximum Gasteiger partial charge on any atom is 0.167 e. The molecular weight excluding hydrogens is 272 g/mol. The molecule has 1 atom stereocenters. The molecule has 1 heterocycles. The number of thioether (sulfide) groups is 1. The molecular formula is C15H20N2O2S. The third-order valence-corrected chi connectivity index (χ3v) is 4.21. The molecule has 1 aromatic carbocycles.